The van der Waals surface area contributed by atoms with Gasteiger partial charge in [0.05, 0.1) is 11.7 Å². The topological polar surface area (TPSA) is 106 Å². The fraction of sp³-hybridized carbons (Fsp3) is 0.292. The van der Waals surface area contributed by atoms with Crippen molar-refractivity contribution in [3.8, 4) is 0 Å². The van der Waals surface area contributed by atoms with Crippen molar-refractivity contribution in [1.29, 1.82) is 0 Å². The smallest absolute Gasteiger partial charge is 0.0777 e. The van der Waals surface area contributed by atoms with E-state index in [0.717, 1.165) is 46.5 Å². The molecule has 0 amide bonds. The standard InChI is InChI=1S/C24H32N6/c1-4-17-5-8-20(9-6-17)29-23-11-12-30(27)24(16(2)26)21-10-7-18(13-22(21)23)19(14-25)15-28-3/h5-10,13-15,23,29H,4,11-12,25-27H2,1-3H3/b19-14?,24-16-,28-15?. The zero-order chi connectivity index (χ0) is 21.7. The molecule has 7 N–H and O–H groups in total. The molecule has 1 aliphatic rings. The Hall–Kier alpha value is -3.25. The lowest BCUT2D eigenvalue weighted by Crippen LogP contribution is -2.31. The molecule has 6 nitrogen and oxygen atoms in total. The van der Waals surface area contributed by atoms with Gasteiger partial charge in [-0.3, -0.25) is 4.99 Å². The number of nitrogens with zero attached hydrogens (tertiary/aromatic N) is 2. The largest absolute Gasteiger partial charge is 0.404 e. The summed E-state index contributed by atoms with van der Waals surface area (Å²) in [5, 5.41) is 5.45. The molecule has 158 valence electrons. The molecule has 0 saturated heterocycles. The van der Waals surface area contributed by atoms with Crippen LogP contribution >= 0.6 is 0 Å². The number of hydrogen-bond donors (Lipinski definition) is 4. The quantitative estimate of drug-likeness (QED) is 0.450. The van der Waals surface area contributed by atoms with Crippen molar-refractivity contribution in [2.24, 2.45) is 22.3 Å². The van der Waals surface area contributed by atoms with E-state index < -0.39 is 0 Å². The van der Waals surface area contributed by atoms with E-state index >= 15 is 0 Å². The minimum absolute atomic E-state index is 0.0768. The van der Waals surface area contributed by atoms with E-state index in [2.05, 4.69) is 53.6 Å². The van der Waals surface area contributed by atoms with Crippen molar-refractivity contribution < 1.29 is 0 Å². The van der Waals surface area contributed by atoms with Crippen LogP contribution < -0.4 is 22.6 Å². The molecule has 0 fully saturated rings. The molecule has 0 aliphatic carbocycles. The maximum absolute atomic E-state index is 6.38. The molecule has 1 unspecified atom stereocenters. The highest BCUT2D eigenvalue weighted by atomic mass is 15.4. The second kappa shape index (κ2) is 9.50. The normalized spacial score (nSPS) is 18.9. The molecule has 1 heterocycles. The van der Waals surface area contributed by atoms with Gasteiger partial charge in [0.25, 0.3) is 0 Å². The third-order valence-corrected chi connectivity index (χ3v) is 5.49. The molecule has 6 heteroatoms. The summed E-state index contributed by atoms with van der Waals surface area (Å²) in [6.07, 6.45) is 5.21. The number of anilines is 1. The number of hydrogen-bond acceptors (Lipinski definition) is 6. The summed E-state index contributed by atoms with van der Waals surface area (Å²) in [7, 11) is 1.74. The van der Waals surface area contributed by atoms with Crippen molar-refractivity contribution in [2.75, 3.05) is 18.9 Å². The SMILES string of the molecule is CCc1ccc(NC2CCN(N)/C(=C(/C)N)c3ccc(C(C=NC)=CN)cc32)cc1. The lowest BCUT2D eigenvalue weighted by Gasteiger charge is -2.22. The number of fused-ring (bicyclic) bond motifs is 1. The fourth-order valence-electron chi connectivity index (χ4n) is 3.92. The highest BCUT2D eigenvalue weighted by molar-refractivity contribution is 6.09. The van der Waals surface area contributed by atoms with E-state index in [1.165, 1.54) is 5.56 Å². The lowest BCUT2D eigenvalue weighted by molar-refractivity contribution is 0.402. The number of hydrazine groups is 1. The molecule has 0 spiro atoms. The number of nitrogens with one attached hydrogen (secondary N) is 1. The first kappa shape index (κ1) is 21.5. The first-order chi connectivity index (χ1) is 14.5. The Balaban J connectivity index is 2.10. The number of benzene rings is 2. The Bertz CT molecular complexity index is 968. The second-order valence-electron chi connectivity index (χ2n) is 7.57. The van der Waals surface area contributed by atoms with E-state index in [0.29, 0.717) is 12.2 Å². The zero-order valence-electron chi connectivity index (χ0n) is 18.0. The van der Waals surface area contributed by atoms with Crippen LogP contribution in [-0.2, 0) is 6.42 Å². The summed E-state index contributed by atoms with van der Waals surface area (Å²) in [5.41, 5.74) is 20.1. The first-order valence-corrected chi connectivity index (χ1v) is 10.3. The van der Waals surface area contributed by atoms with Gasteiger partial charge >= 0.3 is 0 Å². The molecule has 0 saturated carbocycles. The Morgan fingerprint density at radius 3 is 2.57 bits per heavy atom. The highest BCUT2D eigenvalue weighted by Gasteiger charge is 2.26. The first-order valence-electron chi connectivity index (χ1n) is 10.3. The van der Waals surface area contributed by atoms with Crippen molar-refractivity contribution in [2.45, 2.75) is 32.7 Å². The predicted octanol–water partition coefficient (Wildman–Crippen LogP) is 3.63. The van der Waals surface area contributed by atoms with Crippen LogP contribution in [0.4, 0.5) is 5.69 Å². The Morgan fingerprint density at radius 2 is 1.97 bits per heavy atom. The van der Waals surface area contributed by atoms with Gasteiger partial charge in [-0.05, 0) is 54.7 Å². The zero-order valence-corrected chi connectivity index (χ0v) is 18.0. The summed E-state index contributed by atoms with van der Waals surface area (Å²) in [4.78, 5) is 4.13. The maximum atomic E-state index is 6.38. The van der Waals surface area contributed by atoms with Crippen molar-refractivity contribution in [3.05, 3.63) is 76.6 Å². The number of aliphatic imine (C=N–C) groups is 1. The molecule has 0 radical (unpaired) electrons. The third-order valence-electron chi connectivity index (χ3n) is 5.49. The Kier molecular flexibility index (Phi) is 6.79. The van der Waals surface area contributed by atoms with E-state index in [1.807, 2.05) is 13.0 Å². The van der Waals surface area contributed by atoms with Crippen LogP contribution in [-0.4, -0.2) is 24.8 Å². The number of nitrogens with two attached hydrogens (primary N) is 3. The molecule has 1 aliphatic heterocycles. The van der Waals surface area contributed by atoms with E-state index in [1.54, 1.807) is 24.5 Å². The van der Waals surface area contributed by atoms with Crippen molar-refractivity contribution in [1.82, 2.24) is 5.01 Å². The van der Waals surface area contributed by atoms with E-state index in [-0.39, 0.29) is 6.04 Å². The molecule has 2 aromatic carbocycles. The highest BCUT2D eigenvalue weighted by Crippen LogP contribution is 2.36. The molecule has 2 aromatic rings. The summed E-state index contributed by atoms with van der Waals surface area (Å²) in [6, 6.07) is 14.9. The Morgan fingerprint density at radius 1 is 1.23 bits per heavy atom. The van der Waals surface area contributed by atoms with E-state index in [9.17, 15) is 0 Å². The second-order valence-corrected chi connectivity index (χ2v) is 7.57. The number of rotatable bonds is 5. The van der Waals surface area contributed by atoms with Crippen molar-refractivity contribution >= 4 is 23.2 Å². The van der Waals surface area contributed by atoms with Crippen LogP contribution in [0.25, 0.3) is 11.3 Å². The van der Waals surface area contributed by atoms with Gasteiger partial charge in [-0.1, -0.05) is 31.2 Å². The summed E-state index contributed by atoms with van der Waals surface area (Å²) < 4.78 is 0. The molecular formula is C24H32N6. The number of aryl methyl sites for hydroxylation is 1. The molecule has 1 atom stereocenters. The van der Waals surface area contributed by atoms with Crippen LogP contribution in [0.2, 0.25) is 0 Å². The van der Waals surface area contributed by atoms with Gasteiger partial charge in [-0.2, -0.15) is 0 Å². The van der Waals surface area contributed by atoms with Gasteiger partial charge in [0, 0.05) is 48.5 Å². The minimum atomic E-state index is 0.0768. The van der Waals surface area contributed by atoms with Gasteiger partial charge in [0.1, 0.15) is 0 Å². The van der Waals surface area contributed by atoms with E-state index in [4.69, 9.17) is 17.3 Å². The van der Waals surface area contributed by atoms with Crippen LogP contribution in [0.15, 0.2) is 59.4 Å². The summed E-state index contributed by atoms with van der Waals surface area (Å²) >= 11 is 0. The van der Waals surface area contributed by atoms with Gasteiger partial charge in [0.15, 0.2) is 0 Å². The summed E-state index contributed by atoms with van der Waals surface area (Å²) in [6.45, 7) is 4.74. The molecule has 30 heavy (non-hydrogen) atoms. The van der Waals surface area contributed by atoms with Crippen molar-refractivity contribution in [3.63, 3.8) is 0 Å². The van der Waals surface area contributed by atoms with Gasteiger partial charge in [-0.15, -0.1) is 0 Å². The molecular weight excluding hydrogens is 372 g/mol. The van der Waals surface area contributed by atoms with Crippen LogP contribution in [0, 0.1) is 0 Å². The average Bonchev–Trinajstić information content (AvgIpc) is 2.88. The monoisotopic (exact) mass is 404 g/mol. The minimum Gasteiger partial charge on any atom is -0.404 e. The molecule has 3 rings (SSSR count). The van der Waals surface area contributed by atoms with Gasteiger partial charge in [-0.25, -0.2) is 5.84 Å². The van der Waals surface area contributed by atoms with Crippen LogP contribution in [0.3, 0.4) is 0 Å². The fourth-order valence-corrected chi connectivity index (χ4v) is 3.92. The van der Waals surface area contributed by atoms with Gasteiger partial charge in [0.2, 0.25) is 0 Å². The van der Waals surface area contributed by atoms with Gasteiger partial charge < -0.3 is 21.8 Å². The summed E-state index contributed by atoms with van der Waals surface area (Å²) in [5.74, 6) is 6.38. The maximum Gasteiger partial charge on any atom is 0.0777 e. The lowest BCUT2D eigenvalue weighted by atomic mass is 9.92. The Labute approximate surface area is 179 Å². The average molecular weight is 405 g/mol. The third kappa shape index (κ3) is 4.49. The van der Waals surface area contributed by atoms with Crippen LogP contribution in [0.1, 0.15) is 48.6 Å². The molecule has 0 aromatic heterocycles. The predicted molar refractivity (Wildman–Crippen MR) is 127 cm³/mol. The number of allylic oxidation sites excluding steroid dienone is 2. The van der Waals surface area contributed by atoms with Crippen LogP contribution in [0.5, 0.6) is 0 Å². The molecule has 0 bridgehead atoms.